The largest absolute Gasteiger partial charge is 0.444 e. The second-order valence-corrected chi connectivity index (χ2v) is 15.0. The van der Waals surface area contributed by atoms with Crippen LogP contribution in [0.1, 0.15) is 91.3 Å². The topological polar surface area (TPSA) is 126 Å². The highest BCUT2D eigenvalue weighted by molar-refractivity contribution is 5.99. The number of likely N-dealkylation sites (tertiary alicyclic amines) is 1. The molecule has 2 aliphatic rings. The predicted molar refractivity (Wildman–Crippen MR) is 173 cm³/mol. The van der Waals surface area contributed by atoms with Gasteiger partial charge in [-0.2, -0.15) is 0 Å². The smallest absolute Gasteiger partial charge is 0.410 e. The lowest BCUT2D eigenvalue weighted by atomic mass is 9.77. The number of nitrogens with zero attached hydrogens (tertiary/aromatic N) is 5. The number of methoxy groups -OCH3 is 1. The number of anilines is 1. The zero-order valence-corrected chi connectivity index (χ0v) is 29.2. The molecular weight excluding hydrogens is 576 g/mol. The minimum Gasteiger partial charge on any atom is -0.444 e. The Bertz CT molecular complexity index is 1170. The normalized spacial score (nSPS) is 21.1. The van der Waals surface area contributed by atoms with E-state index in [2.05, 4.69) is 24.1 Å². The average molecular weight is 633 g/mol. The maximum absolute atomic E-state index is 14.6. The number of aromatic nitrogens is 2. The van der Waals surface area contributed by atoms with Gasteiger partial charge < -0.3 is 34.2 Å². The van der Waals surface area contributed by atoms with Gasteiger partial charge in [0.2, 0.25) is 5.91 Å². The SMILES string of the molecule is COCCCNc1nc(C(C)(C)C)ncc1C(=O)N(CC(C)C)[C@@H]1CN(C(=O)OC(C)(C)C)CC(C)(C(=O)N2CCOCC2)C1. The van der Waals surface area contributed by atoms with Crippen molar-refractivity contribution in [1.29, 1.82) is 0 Å². The maximum Gasteiger partial charge on any atom is 0.410 e. The van der Waals surface area contributed by atoms with Crippen LogP contribution in [0.3, 0.4) is 0 Å². The fraction of sp³-hybridized carbons (Fsp3) is 0.788. The van der Waals surface area contributed by atoms with Crippen LogP contribution in [0.2, 0.25) is 0 Å². The van der Waals surface area contributed by atoms with Crippen molar-refractivity contribution in [2.24, 2.45) is 11.3 Å². The van der Waals surface area contributed by atoms with Crippen molar-refractivity contribution in [3.05, 3.63) is 17.6 Å². The van der Waals surface area contributed by atoms with Gasteiger partial charge in [0.05, 0.1) is 24.7 Å². The predicted octanol–water partition coefficient (Wildman–Crippen LogP) is 4.20. The summed E-state index contributed by atoms with van der Waals surface area (Å²) in [5.41, 5.74) is -1.60. The van der Waals surface area contributed by atoms with E-state index in [0.29, 0.717) is 69.6 Å². The molecule has 1 aromatic heterocycles. The van der Waals surface area contributed by atoms with Crippen LogP contribution in [0.15, 0.2) is 6.20 Å². The molecule has 12 nitrogen and oxygen atoms in total. The van der Waals surface area contributed by atoms with Crippen LogP contribution in [0.5, 0.6) is 0 Å². The number of piperidine rings is 1. The molecule has 12 heteroatoms. The summed E-state index contributed by atoms with van der Waals surface area (Å²) >= 11 is 0. The average Bonchev–Trinajstić information content (AvgIpc) is 2.96. The lowest BCUT2D eigenvalue weighted by Gasteiger charge is -2.48. The number of hydrogen-bond donors (Lipinski definition) is 1. The Balaban J connectivity index is 2.04. The first-order valence-corrected chi connectivity index (χ1v) is 16.2. The molecule has 0 spiro atoms. The fourth-order valence-corrected chi connectivity index (χ4v) is 5.77. The Morgan fingerprint density at radius 1 is 1.13 bits per heavy atom. The summed E-state index contributed by atoms with van der Waals surface area (Å²) in [6.45, 7) is 21.5. The molecule has 0 bridgehead atoms. The van der Waals surface area contributed by atoms with Crippen molar-refractivity contribution in [3.8, 4) is 0 Å². The van der Waals surface area contributed by atoms with E-state index in [9.17, 15) is 14.4 Å². The Morgan fingerprint density at radius 3 is 2.38 bits per heavy atom. The molecule has 3 rings (SSSR count). The zero-order valence-electron chi connectivity index (χ0n) is 29.2. The molecule has 1 unspecified atom stereocenters. The van der Waals surface area contributed by atoms with Crippen molar-refractivity contribution < 1.29 is 28.6 Å². The van der Waals surface area contributed by atoms with Crippen LogP contribution in [0, 0.1) is 11.3 Å². The van der Waals surface area contributed by atoms with Crippen molar-refractivity contribution in [1.82, 2.24) is 24.7 Å². The maximum atomic E-state index is 14.6. The molecule has 3 amide bonds. The molecule has 45 heavy (non-hydrogen) atoms. The molecule has 0 radical (unpaired) electrons. The van der Waals surface area contributed by atoms with Gasteiger partial charge in [0.1, 0.15) is 22.8 Å². The molecule has 2 aliphatic heterocycles. The minimum atomic E-state index is -0.930. The molecule has 2 atom stereocenters. The van der Waals surface area contributed by atoms with E-state index in [-0.39, 0.29) is 36.2 Å². The van der Waals surface area contributed by atoms with E-state index in [1.165, 1.54) is 0 Å². The number of nitrogens with one attached hydrogen (secondary N) is 1. The van der Waals surface area contributed by atoms with Crippen LogP contribution in [-0.2, 0) is 24.4 Å². The fourth-order valence-electron chi connectivity index (χ4n) is 5.77. The lowest BCUT2D eigenvalue weighted by molar-refractivity contribution is -0.150. The first-order chi connectivity index (χ1) is 20.9. The standard InChI is InChI=1S/C33H56N6O6/c1-23(2)20-39(27(40)25-19-35-28(31(3,4)5)36-26(25)34-12-11-15-43-10)24-18-33(9,29(41)37-13-16-44-17-14-37)22-38(21-24)30(42)45-32(6,7)8/h19,23-24H,11-18,20-22H2,1-10H3,(H,34,35,36)/t24-,33?/m0/s1. The van der Waals surface area contributed by atoms with Gasteiger partial charge in [-0.3, -0.25) is 9.59 Å². The summed E-state index contributed by atoms with van der Waals surface area (Å²) in [5.74, 6) is 0.938. The Morgan fingerprint density at radius 2 is 1.80 bits per heavy atom. The third-order valence-corrected chi connectivity index (χ3v) is 7.89. The van der Waals surface area contributed by atoms with Crippen molar-refractivity contribution in [3.63, 3.8) is 0 Å². The monoisotopic (exact) mass is 632 g/mol. The van der Waals surface area contributed by atoms with E-state index in [0.717, 1.165) is 6.42 Å². The highest BCUT2D eigenvalue weighted by Crippen LogP contribution is 2.36. The van der Waals surface area contributed by atoms with Gasteiger partial charge in [0, 0.05) is 64.6 Å². The molecular formula is C33H56N6O6. The summed E-state index contributed by atoms with van der Waals surface area (Å²) in [4.78, 5) is 56.8. The van der Waals surface area contributed by atoms with Crippen molar-refractivity contribution in [2.75, 3.05) is 71.5 Å². The number of amides is 3. The summed E-state index contributed by atoms with van der Waals surface area (Å²) in [5, 5.41) is 3.35. The molecule has 0 saturated carbocycles. The lowest BCUT2D eigenvalue weighted by Crippen LogP contribution is -2.62. The molecule has 3 heterocycles. The Labute approximate surface area is 269 Å². The summed E-state index contributed by atoms with van der Waals surface area (Å²) in [6, 6.07) is -0.445. The van der Waals surface area contributed by atoms with Gasteiger partial charge in [-0.1, -0.05) is 34.6 Å². The van der Waals surface area contributed by atoms with Gasteiger partial charge >= 0.3 is 6.09 Å². The van der Waals surface area contributed by atoms with Gasteiger partial charge in [-0.05, 0) is 46.5 Å². The first-order valence-electron chi connectivity index (χ1n) is 16.2. The number of carbonyl (C=O) groups is 3. The number of hydrogen-bond acceptors (Lipinski definition) is 9. The summed E-state index contributed by atoms with van der Waals surface area (Å²) < 4.78 is 16.5. The Kier molecular flexibility index (Phi) is 12.2. The second-order valence-electron chi connectivity index (χ2n) is 15.0. The van der Waals surface area contributed by atoms with Crippen LogP contribution in [0.25, 0.3) is 0 Å². The molecule has 1 aromatic rings. The number of carbonyl (C=O) groups excluding carboxylic acids is 3. The molecule has 0 aliphatic carbocycles. The first kappa shape index (κ1) is 36.5. The minimum absolute atomic E-state index is 0.0423. The quantitative estimate of drug-likeness (QED) is 0.378. The van der Waals surface area contributed by atoms with Crippen LogP contribution >= 0.6 is 0 Å². The molecule has 254 valence electrons. The van der Waals surface area contributed by atoms with Gasteiger partial charge in [-0.25, -0.2) is 14.8 Å². The number of ether oxygens (including phenoxy) is 3. The third-order valence-electron chi connectivity index (χ3n) is 7.89. The van der Waals surface area contributed by atoms with Crippen molar-refractivity contribution >= 4 is 23.7 Å². The molecule has 2 saturated heterocycles. The Hall–Kier alpha value is -2.99. The van der Waals surface area contributed by atoms with Crippen LogP contribution in [0.4, 0.5) is 10.6 Å². The summed E-state index contributed by atoms with van der Waals surface area (Å²) in [6.07, 6.45) is 2.25. The second kappa shape index (κ2) is 15.1. The van der Waals surface area contributed by atoms with Gasteiger partial charge in [-0.15, -0.1) is 0 Å². The molecule has 0 aromatic carbocycles. The van der Waals surface area contributed by atoms with E-state index in [1.807, 2.05) is 58.3 Å². The van der Waals surface area contributed by atoms with Crippen LogP contribution in [-0.4, -0.2) is 120 Å². The van der Waals surface area contributed by atoms with E-state index >= 15 is 0 Å². The van der Waals surface area contributed by atoms with Crippen LogP contribution < -0.4 is 5.32 Å². The highest BCUT2D eigenvalue weighted by atomic mass is 16.6. The zero-order chi connectivity index (χ0) is 33.6. The third kappa shape index (κ3) is 10.00. The van der Waals surface area contributed by atoms with E-state index in [1.54, 1.807) is 18.2 Å². The number of rotatable bonds is 10. The van der Waals surface area contributed by atoms with E-state index < -0.39 is 23.2 Å². The van der Waals surface area contributed by atoms with Gasteiger partial charge in [0.15, 0.2) is 0 Å². The molecule has 1 N–H and O–H groups in total. The summed E-state index contributed by atoms with van der Waals surface area (Å²) in [7, 11) is 1.66. The van der Waals surface area contributed by atoms with Gasteiger partial charge in [0.25, 0.3) is 5.91 Å². The van der Waals surface area contributed by atoms with Crippen molar-refractivity contribution in [2.45, 2.75) is 92.2 Å². The molecule has 2 fully saturated rings. The van der Waals surface area contributed by atoms with E-state index in [4.69, 9.17) is 19.2 Å². The number of morpholine rings is 1. The highest BCUT2D eigenvalue weighted by Gasteiger charge is 2.48.